The number of hydrogen-bond donors (Lipinski definition) is 4. The number of rotatable bonds is 6. The van der Waals surface area contributed by atoms with Crippen LogP contribution < -0.4 is 10.1 Å². The van der Waals surface area contributed by atoms with Crippen molar-refractivity contribution in [3.63, 3.8) is 0 Å². The first-order valence-corrected chi connectivity index (χ1v) is 8.42. The number of carboxylic acid groups (broad SMARTS) is 1. The third-order valence-electron chi connectivity index (χ3n) is 4.24. The molecular weight excluding hydrogens is 346 g/mol. The molecule has 0 saturated heterocycles. The maximum Gasteiger partial charge on any atom is 0.322 e. The summed E-state index contributed by atoms with van der Waals surface area (Å²) in [5.41, 5.74) is 3.45. The minimum Gasteiger partial charge on any atom is -0.481 e. The molecule has 0 fully saturated rings. The number of carbonyl (C=O) groups excluding carboxylic acids is 1. The van der Waals surface area contributed by atoms with Crippen LogP contribution in [0.3, 0.4) is 0 Å². The number of aromatic amines is 2. The minimum absolute atomic E-state index is 0.275. The standard InChI is InChI=1S/C20H17N3O4/c24-17(21-10-18(25)26)11-27-20-13-6-2-4-8-15(13)23-19(20)16-9-12-5-1-3-7-14(12)22-16/h1-9,22-23H,10-11H2,(H,21,24)(H,25,26). The van der Waals surface area contributed by atoms with Crippen molar-refractivity contribution in [3.8, 4) is 17.1 Å². The fourth-order valence-electron chi connectivity index (χ4n) is 3.03. The van der Waals surface area contributed by atoms with E-state index in [-0.39, 0.29) is 6.61 Å². The van der Waals surface area contributed by atoms with Crippen molar-refractivity contribution in [2.24, 2.45) is 0 Å². The number of para-hydroxylation sites is 2. The third kappa shape index (κ3) is 3.35. The summed E-state index contributed by atoms with van der Waals surface area (Å²) in [6, 6.07) is 17.6. The van der Waals surface area contributed by atoms with Gasteiger partial charge in [-0.25, -0.2) is 0 Å². The Kier molecular flexibility index (Phi) is 4.25. The van der Waals surface area contributed by atoms with Gasteiger partial charge >= 0.3 is 5.97 Å². The zero-order valence-corrected chi connectivity index (χ0v) is 14.3. The lowest BCUT2D eigenvalue weighted by Gasteiger charge is -2.07. The molecule has 0 aliphatic carbocycles. The van der Waals surface area contributed by atoms with Crippen LogP contribution in [0.15, 0.2) is 54.6 Å². The van der Waals surface area contributed by atoms with Crippen LogP contribution in [0.5, 0.6) is 5.75 Å². The van der Waals surface area contributed by atoms with Crippen LogP contribution >= 0.6 is 0 Å². The molecule has 0 saturated carbocycles. The molecule has 27 heavy (non-hydrogen) atoms. The van der Waals surface area contributed by atoms with Crippen molar-refractivity contribution in [3.05, 3.63) is 54.6 Å². The Bertz CT molecular complexity index is 1110. The maximum atomic E-state index is 11.8. The van der Waals surface area contributed by atoms with Gasteiger partial charge in [0.1, 0.15) is 12.2 Å². The van der Waals surface area contributed by atoms with Crippen LogP contribution in [0.2, 0.25) is 0 Å². The largest absolute Gasteiger partial charge is 0.481 e. The monoisotopic (exact) mass is 363 g/mol. The van der Waals surface area contributed by atoms with Crippen molar-refractivity contribution in [1.82, 2.24) is 15.3 Å². The first-order valence-electron chi connectivity index (χ1n) is 8.42. The zero-order valence-electron chi connectivity index (χ0n) is 14.3. The summed E-state index contributed by atoms with van der Waals surface area (Å²) >= 11 is 0. The van der Waals surface area contributed by atoms with E-state index >= 15 is 0 Å². The Morgan fingerprint density at radius 3 is 2.52 bits per heavy atom. The highest BCUT2D eigenvalue weighted by molar-refractivity contribution is 5.96. The number of aliphatic carboxylic acids is 1. The second kappa shape index (κ2) is 6.87. The number of fused-ring (bicyclic) bond motifs is 2. The first kappa shape index (κ1) is 16.7. The molecular formula is C20H17N3O4. The first-order chi connectivity index (χ1) is 13.1. The molecule has 2 aromatic carbocycles. The minimum atomic E-state index is -1.10. The van der Waals surface area contributed by atoms with E-state index in [1.165, 1.54) is 0 Å². The molecule has 136 valence electrons. The van der Waals surface area contributed by atoms with E-state index in [1.54, 1.807) is 0 Å². The van der Waals surface area contributed by atoms with E-state index in [4.69, 9.17) is 9.84 Å². The number of hydrogen-bond acceptors (Lipinski definition) is 3. The van der Waals surface area contributed by atoms with E-state index < -0.39 is 18.4 Å². The van der Waals surface area contributed by atoms with Gasteiger partial charge < -0.3 is 25.1 Å². The number of nitrogens with one attached hydrogen (secondary N) is 3. The molecule has 0 spiro atoms. The van der Waals surface area contributed by atoms with Gasteiger partial charge in [0, 0.05) is 21.8 Å². The lowest BCUT2D eigenvalue weighted by atomic mass is 10.2. The molecule has 0 bridgehead atoms. The van der Waals surface area contributed by atoms with Crippen LogP contribution in [-0.2, 0) is 9.59 Å². The summed E-state index contributed by atoms with van der Waals surface area (Å²) in [5, 5.41) is 12.9. The van der Waals surface area contributed by atoms with Gasteiger partial charge in [-0.15, -0.1) is 0 Å². The predicted octanol–water partition coefficient (Wildman–Crippen LogP) is 2.90. The fraction of sp³-hybridized carbons (Fsp3) is 0.100. The van der Waals surface area contributed by atoms with Crippen molar-refractivity contribution in [1.29, 1.82) is 0 Å². The third-order valence-corrected chi connectivity index (χ3v) is 4.24. The van der Waals surface area contributed by atoms with Gasteiger partial charge in [0.25, 0.3) is 5.91 Å². The Hall–Kier alpha value is -3.74. The van der Waals surface area contributed by atoms with Crippen LogP contribution in [0, 0.1) is 0 Å². The average molecular weight is 363 g/mol. The quantitative estimate of drug-likeness (QED) is 0.422. The Morgan fingerprint density at radius 1 is 1.00 bits per heavy atom. The van der Waals surface area contributed by atoms with Gasteiger partial charge in [0.05, 0.1) is 5.69 Å². The highest BCUT2D eigenvalue weighted by atomic mass is 16.5. The smallest absolute Gasteiger partial charge is 0.322 e. The molecule has 4 N–H and O–H groups in total. The molecule has 4 rings (SSSR count). The number of benzene rings is 2. The highest BCUT2D eigenvalue weighted by Crippen LogP contribution is 2.37. The fourth-order valence-corrected chi connectivity index (χ4v) is 3.03. The van der Waals surface area contributed by atoms with Gasteiger partial charge in [0.15, 0.2) is 12.4 Å². The number of ether oxygens (including phenoxy) is 1. The SMILES string of the molecule is O=C(O)CNC(=O)COc1c(-c2cc3ccccc3[nH]2)[nH]c2ccccc12. The van der Waals surface area contributed by atoms with Gasteiger partial charge in [0.2, 0.25) is 0 Å². The summed E-state index contributed by atoms with van der Waals surface area (Å²) in [6.45, 7) is -0.715. The van der Waals surface area contributed by atoms with Crippen LogP contribution in [-0.4, -0.2) is 40.1 Å². The molecule has 0 radical (unpaired) electrons. The number of amides is 1. The molecule has 1 amide bonds. The van der Waals surface area contributed by atoms with Gasteiger partial charge in [-0.3, -0.25) is 9.59 Å². The van der Waals surface area contributed by atoms with Crippen molar-refractivity contribution in [2.45, 2.75) is 0 Å². The van der Waals surface area contributed by atoms with Crippen LogP contribution in [0.25, 0.3) is 33.2 Å². The molecule has 4 aromatic rings. The molecule has 0 atom stereocenters. The van der Waals surface area contributed by atoms with Gasteiger partial charge in [-0.2, -0.15) is 0 Å². The van der Waals surface area contributed by atoms with Crippen LogP contribution in [0.4, 0.5) is 0 Å². The van der Waals surface area contributed by atoms with Crippen molar-refractivity contribution in [2.75, 3.05) is 13.2 Å². The summed E-state index contributed by atoms with van der Waals surface area (Å²) in [7, 11) is 0. The van der Waals surface area contributed by atoms with E-state index in [9.17, 15) is 9.59 Å². The number of carboxylic acids is 1. The van der Waals surface area contributed by atoms with Crippen molar-refractivity contribution < 1.29 is 19.4 Å². The number of H-pyrrole nitrogens is 2. The maximum absolute atomic E-state index is 11.8. The highest BCUT2D eigenvalue weighted by Gasteiger charge is 2.17. The molecule has 2 aromatic heterocycles. The second-order valence-electron chi connectivity index (χ2n) is 6.10. The summed E-state index contributed by atoms with van der Waals surface area (Å²) in [5.74, 6) is -1.05. The number of aromatic nitrogens is 2. The number of carbonyl (C=O) groups is 2. The van der Waals surface area contributed by atoms with Gasteiger partial charge in [-0.1, -0.05) is 30.3 Å². The summed E-state index contributed by atoms with van der Waals surface area (Å²) < 4.78 is 5.78. The zero-order chi connectivity index (χ0) is 18.8. The topological polar surface area (TPSA) is 107 Å². The summed E-state index contributed by atoms with van der Waals surface area (Å²) in [4.78, 5) is 29.1. The van der Waals surface area contributed by atoms with E-state index in [2.05, 4.69) is 15.3 Å². The molecule has 2 heterocycles. The molecule has 7 nitrogen and oxygen atoms in total. The summed E-state index contributed by atoms with van der Waals surface area (Å²) in [6.07, 6.45) is 0. The van der Waals surface area contributed by atoms with E-state index in [0.29, 0.717) is 5.75 Å². The van der Waals surface area contributed by atoms with E-state index in [0.717, 1.165) is 33.2 Å². The van der Waals surface area contributed by atoms with Crippen LogP contribution in [0.1, 0.15) is 0 Å². The van der Waals surface area contributed by atoms with E-state index in [1.807, 2.05) is 54.6 Å². The second-order valence-corrected chi connectivity index (χ2v) is 6.10. The van der Waals surface area contributed by atoms with Gasteiger partial charge in [-0.05, 0) is 24.3 Å². The average Bonchev–Trinajstić information content (AvgIpc) is 3.25. The lowest BCUT2D eigenvalue weighted by molar-refractivity contribution is -0.138. The molecule has 0 unspecified atom stereocenters. The molecule has 0 aliphatic rings. The Labute approximate surface area is 154 Å². The normalized spacial score (nSPS) is 11.0. The Balaban J connectivity index is 1.69. The molecule has 7 heteroatoms. The Morgan fingerprint density at radius 2 is 1.74 bits per heavy atom. The predicted molar refractivity (Wildman–Crippen MR) is 102 cm³/mol. The van der Waals surface area contributed by atoms with Crippen molar-refractivity contribution >= 4 is 33.7 Å². The lowest BCUT2D eigenvalue weighted by Crippen LogP contribution is -2.33. The molecule has 0 aliphatic heterocycles.